The van der Waals surface area contributed by atoms with Gasteiger partial charge in [-0.3, -0.25) is 18.7 Å². The van der Waals surface area contributed by atoms with Crippen LogP contribution in [0, 0.1) is 0 Å². The van der Waals surface area contributed by atoms with Gasteiger partial charge in [0.05, 0.1) is 22.0 Å². The summed E-state index contributed by atoms with van der Waals surface area (Å²) < 4.78 is 26.2. The van der Waals surface area contributed by atoms with Crippen LogP contribution < -0.4 is 9.62 Å². The Morgan fingerprint density at radius 3 is 2.33 bits per heavy atom. The summed E-state index contributed by atoms with van der Waals surface area (Å²) in [7, 11) is -3.90. The second-order valence-electron chi connectivity index (χ2n) is 8.47. The lowest BCUT2D eigenvalue weighted by atomic mass is 10.1. The van der Waals surface area contributed by atoms with Crippen molar-refractivity contribution in [1.29, 1.82) is 0 Å². The number of hydrogen-bond acceptors (Lipinski definition) is 5. The summed E-state index contributed by atoms with van der Waals surface area (Å²) in [6, 6.07) is 10.0. The van der Waals surface area contributed by atoms with Crippen LogP contribution in [0.15, 0.2) is 42.5 Å². The number of nitrogens with zero attached hydrogens (tertiary/aromatic N) is 2. The van der Waals surface area contributed by atoms with Gasteiger partial charge in [0.2, 0.25) is 21.8 Å². The molecule has 1 N–H and O–H groups in total. The lowest BCUT2D eigenvalue weighted by Gasteiger charge is -2.31. The fourth-order valence-electron chi connectivity index (χ4n) is 3.45. The van der Waals surface area contributed by atoms with E-state index in [0.29, 0.717) is 27.7 Å². The van der Waals surface area contributed by atoms with Gasteiger partial charge in [-0.05, 0) is 50.1 Å². The Hall–Kier alpha value is -2.62. The SMILES string of the molecule is CCCCNC(=O)C(C)N(Cc1ccc(Cl)c(Cl)c1)C(=O)CN(c1cccc(C(C)=O)c1)S(C)(=O)=O. The molecule has 0 fully saturated rings. The molecule has 2 aromatic carbocycles. The number of carbonyl (C=O) groups excluding carboxylic acids is 3. The van der Waals surface area contributed by atoms with Crippen molar-refractivity contribution in [3.8, 4) is 0 Å². The van der Waals surface area contributed by atoms with Crippen molar-refractivity contribution < 1.29 is 22.8 Å². The van der Waals surface area contributed by atoms with E-state index in [0.717, 1.165) is 23.4 Å². The number of halogens is 2. The van der Waals surface area contributed by atoms with Crippen molar-refractivity contribution in [2.24, 2.45) is 0 Å². The maximum atomic E-state index is 13.5. The predicted molar refractivity (Wildman–Crippen MR) is 143 cm³/mol. The maximum absolute atomic E-state index is 13.5. The van der Waals surface area contributed by atoms with Crippen LogP contribution in [0.1, 0.15) is 49.5 Å². The van der Waals surface area contributed by atoms with Gasteiger partial charge in [0.1, 0.15) is 12.6 Å². The van der Waals surface area contributed by atoms with Crippen molar-refractivity contribution in [3.05, 3.63) is 63.6 Å². The molecule has 0 spiro atoms. The Labute approximate surface area is 222 Å². The van der Waals surface area contributed by atoms with Gasteiger partial charge in [0.25, 0.3) is 0 Å². The maximum Gasteiger partial charge on any atom is 0.244 e. The second kappa shape index (κ2) is 13.1. The van der Waals surface area contributed by atoms with Gasteiger partial charge in [-0.25, -0.2) is 8.42 Å². The fraction of sp³-hybridized carbons (Fsp3) is 0.400. The van der Waals surface area contributed by atoms with Crippen LogP contribution >= 0.6 is 23.2 Å². The van der Waals surface area contributed by atoms with Crippen molar-refractivity contribution in [2.75, 3.05) is 23.7 Å². The minimum Gasteiger partial charge on any atom is -0.354 e. The molecule has 1 unspecified atom stereocenters. The number of nitrogens with one attached hydrogen (secondary N) is 1. The number of carbonyl (C=O) groups is 3. The highest BCUT2D eigenvalue weighted by molar-refractivity contribution is 7.92. The van der Waals surface area contributed by atoms with Crippen LogP contribution in [-0.2, 0) is 26.2 Å². The Morgan fingerprint density at radius 2 is 1.75 bits per heavy atom. The highest BCUT2D eigenvalue weighted by Gasteiger charge is 2.30. The molecule has 0 aliphatic heterocycles. The predicted octanol–water partition coefficient (Wildman–Crippen LogP) is 4.30. The average Bonchev–Trinajstić information content (AvgIpc) is 2.82. The molecule has 0 bridgehead atoms. The Bertz CT molecular complexity index is 1220. The van der Waals surface area contributed by atoms with Gasteiger partial charge in [-0.15, -0.1) is 0 Å². The quantitative estimate of drug-likeness (QED) is 0.310. The van der Waals surface area contributed by atoms with Gasteiger partial charge in [-0.1, -0.05) is 54.7 Å². The summed E-state index contributed by atoms with van der Waals surface area (Å²) in [4.78, 5) is 39.5. The lowest BCUT2D eigenvalue weighted by Crippen LogP contribution is -2.51. The summed E-state index contributed by atoms with van der Waals surface area (Å²) in [5, 5.41) is 3.45. The van der Waals surface area contributed by atoms with Gasteiger partial charge >= 0.3 is 0 Å². The molecule has 0 aliphatic carbocycles. The molecule has 1 atom stereocenters. The minimum absolute atomic E-state index is 0.00315. The topological polar surface area (TPSA) is 104 Å². The highest BCUT2D eigenvalue weighted by atomic mass is 35.5. The average molecular weight is 557 g/mol. The standard InChI is InChI=1S/C25H31Cl2N3O5S/c1-5-6-12-28-25(33)17(2)29(15-19-10-11-22(26)23(27)13-19)24(32)16-30(36(4,34)35)21-9-7-8-20(14-21)18(3)31/h7-11,13-14,17H,5-6,12,15-16H2,1-4H3,(H,28,33). The molecule has 36 heavy (non-hydrogen) atoms. The van der Waals surface area contributed by atoms with Crippen LogP contribution in [-0.4, -0.2) is 56.3 Å². The van der Waals surface area contributed by atoms with E-state index in [-0.39, 0.29) is 23.9 Å². The molecule has 2 rings (SSSR count). The summed E-state index contributed by atoms with van der Waals surface area (Å²) in [5.74, 6) is -1.20. The summed E-state index contributed by atoms with van der Waals surface area (Å²) >= 11 is 12.1. The molecule has 0 aliphatic rings. The summed E-state index contributed by atoms with van der Waals surface area (Å²) in [6.45, 7) is 4.85. The molecule has 8 nitrogen and oxygen atoms in total. The molecule has 11 heteroatoms. The smallest absolute Gasteiger partial charge is 0.244 e. The van der Waals surface area contributed by atoms with E-state index in [1.54, 1.807) is 37.3 Å². The second-order valence-corrected chi connectivity index (χ2v) is 11.2. The largest absolute Gasteiger partial charge is 0.354 e. The van der Waals surface area contributed by atoms with Crippen molar-refractivity contribution in [3.63, 3.8) is 0 Å². The van der Waals surface area contributed by atoms with E-state index < -0.39 is 28.5 Å². The van der Waals surface area contributed by atoms with Crippen LogP contribution in [0.2, 0.25) is 10.0 Å². The first kappa shape index (κ1) is 29.6. The number of amides is 2. The van der Waals surface area contributed by atoms with Crippen LogP contribution in [0.3, 0.4) is 0 Å². The van der Waals surface area contributed by atoms with Crippen molar-refractivity contribution in [1.82, 2.24) is 10.2 Å². The number of benzene rings is 2. The van der Waals surface area contributed by atoms with E-state index in [2.05, 4.69) is 5.32 Å². The summed E-state index contributed by atoms with van der Waals surface area (Å²) in [5.41, 5.74) is 1.11. The molecular formula is C25H31Cl2N3O5S. The van der Waals surface area contributed by atoms with E-state index in [1.807, 2.05) is 6.92 Å². The molecular weight excluding hydrogens is 525 g/mol. The van der Waals surface area contributed by atoms with Crippen LogP contribution in [0.25, 0.3) is 0 Å². The third kappa shape index (κ3) is 8.21. The molecule has 0 radical (unpaired) electrons. The summed E-state index contributed by atoms with van der Waals surface area (Å²) in [6.07, 6.45) is 2.65. The van der Waals surface area contributed by atoms with Gasteiger partial charge in [0.15, 0.2) is 5.78 Å². The molecule has 0 heterocycles. The van der Waals surface area contributed by atoms with E-state index in [1.165, 1.54) is 24.0 Å². The Balaban J connectivity index is 2.41. The van der Waals surface area contributed by atoms with E-state index >= 15 is 0 Å². The third-order valence-corrected chi connectivity index (χ3v) is 7.43. The zero-order valence-electron chi connectivity index (χ0n) is 20.8. The fourth-order valence-corrected chi connectivity index (χ4v) is 4.61. The van der Waals surface area contributed by atoms with Gasteiger partial charge < -0.3 is 10.2 Å². The minimum atomic E-state index is -3.90. The molecule has 2 aromatic rings. The molecule has 0 saturated heterocycles. The number of rotatable bonds is 12. The zero-order valence-corrected chi connectivity index (χ0v) is 23.1. The number of sulfonamides is 1. The molecule has 196 valence electrons. The molecule has 0 aromatic heterocycles. The van der Waals surface area contributed by atoms with Crippen molar-refractivity contribution in [2.45, 2.75) is 46.2 Å². The number of unbranched alkanes of at least 4 members (excludes halogenated alkanes) is 1. The lowest BCUT2D eigenvalue weighted by molar-refractivity contribution is -0.139. The highest BCUT2D eigenvalue weighted by Crippen LogP contribution is 2.25. The van der Waals surface area contributed by atoms with E-state index in [9.17, 15) is 22.8 Å². The first-order valence-electron chi connectivity index (χ1n) is 11.4. The van der Waals surface area contributed by atoms with Crippen LogP contribution in [0.5, 0.6) is 0 Å². The molecule has 0 saturated carbocycles. The van der Waals surface area contributed by atoms with Crippen LogP contribution in [0.4, 0.5) is 5.69 Å². The Kier molecular flexibility index (Phi) is 10.8. The number of anilines is 1. The Morgan fingerprint density at radius 1 is 1.06 bits per heavy atom. The number of hydrogen-bond donors (Lipinski definition) is 1. The number of Topliss-reactive ketones (excluding diaryl/α,β-unsaturated/α-hetero) is 1. The first-order chi connectivity index (χ1) is 16.8. The van der Waals surface area contributed by atoms with Gasteiger partial charge in [-0.2, -0.15) is 0 Å². The molecule has 2 amide bonds. The normalized spacial score (nSPS) is 12.1. The van der Waals surface area contributed by atoms with E-state index in [4.69, 9.17) is 23.2 Å². The third-order valence-electron chi connectivity index (χ3n) is 5.55. The van der Waals surface area contributed by atoms with Crippen molar-refractivity contribution >= 4 is 56.5 Å². The monoisotopic (exact) mass is 555 g/mol. The van der Waals surface area contributed by atoms with Gasteiger partial charge in [0, 0.05) is 18.7 Å². The zero-order chi connectivity index (χ0) is 27.0. The number of ketones is 1. The first-order valence-corrected chi connectivity index (χ1v) is 14.0.